The Morgan fingerprint density at radius 2 is 0.962 bits per heavy atom. The summed E-state index contributed by atoms with van der Waals surface area (Å²) in [7, 11) is 0. The van der Waals surface area contributed by atoms with Crippen molar-refractivity contribution in [2.75, 3.05) is 0 Å². The molecule has 0 heterocycles. The van der Waals surface area contributed by atoms with Crippen LogP contribution < -0.4 is 0 Å². The van der Waals surface area contributed by atoms with Gasteiger partial charge in [-0.15, -0.1) is 0 Å². The molecule has 0 aliphatic heterocycles. The van der Waals surface area contributed by atoms with Gasteiger partial charge in [0.25, 0.3) is 0 Å². The highest BCUT2D eigenvalue weighted by Crippen LogP contribution is 2.13. The van der Waals surface area contributed by atoms with Crippen molar-refractivity contribution >= 4 is 0 Å². The van der Waals surface area contributed by atoms with E-state index in [9.17, 15) is 0 Å². The maximum Gasteiger partial charge on any atom is -0.0169 e. The van der Waals surface area contributed by atoms with Gasteiger partial charge >= 0.3 is 0 Å². The van der Waals surface area contributed by atoms with Crippen molar-refractivity contribution in [2.24, 2.45) is 5.92 Å². The SMILES string of the molecule is C=C(CC/C=C/C/C=C/C/C=C/C/C=C/C/C=C/C/C=C/CC)C(C)C. The zero-order valence-corrected chi connectivity index (χ0v) is 17.4. The lowest BCUT2D eigenvalue weighted by atomic mass is 10.0. The van der Waals surface area contributed by atoms with Crippen LogP contribution in [0.3, 0.4) is 0 Å². The van der Waals surface area contributed by atoms with Gasteiger partial charge in [-0.05, 0) is 57.3 Å². The van der Waals surface area contributed by atoms with Gasteiger partial charge in [0, 0.05) is 0 Å². The third-order valence-electron chi connectivity index (χ3n) is 4.05. The third kappa shape index (κ3) is 18.5. The van der Waals surface area contributed by atoms with E-state index in [0.717, 1.165) is 51.4 Å². The molecule has 0 N–H and O–H groups in total. The van der Waals surface area contributed by atoms with Crippen molar-refractivity contribution in [3.63, 3.8) is 0 Å². The van der Waals surface area contributed by atoms with E-state index in [1.165, 1.54) is 5.57 Å². The van der Waals surface area contributed by atoms with Crippen molar-refractivity contribution in [1.29, 1.82) is 0 Å². The van der Waals surface area contributed by atoms with Crippen molar-refractivity contribution in [2.45, 2.75) is 72.1 Å². The van der Waals surface area contributed by atoms with E-state index in [2.05, 4.69) is 100 Å². The van der Waals surface area contributed by atoms with E-state index in [0.29, 0.717) is 5.92 Å². The molecule has 0 saturated heterocycles. The quantitative estimate of drug-likeness (QED) is 0.259. The van der Waals surface area contributed by atoms with Crippen LogP contribution in [0.25, 0.3) is 0 Å². The topological polar surface area (TPSA) is 0 Å². The van der Waals surface area contributed by atoms with E-state index in [1.807, 2.05) is 0 Å². The molecule has 26 heavy (non-hydrogen) atoms. The van der Waals surface area contributed by atoms with Crippen molar-refractivity contribution < 1.29 is 0 Å². The molecule has 0 fully saturated rings. The second-order valence-corrected chi connectivity index (χ2v) is 6.77. The molecular weight excluding hydrogens is 312 g/mol. The predicted octanol–water partition coefficient (Wildman–Crippen LogP) is 8.68. The molecule has 0 heteroatoms. The van der Waals surface area contributed by atoms with Crippen molar-refractivity contribution in [1.82, 2.24) is 0 Å². The molecule has 0 amide bonds. The Hall–Kier alpha value is -1.82. The molecule has 0 aliphatic carbocycles. The molecule has 0 aliphatic rings. The van der Waals surface area contributed by atoms with Gasteiger partial charge in [-0.3, -0.25) is 0 Å². The van der Waals surface area contributed by atoms with Crippen LogP contribution in [0.15, 0.2) is 85.1 Å². The van der Waals surface area contributed by atoms with E-state index in [4.69, 9.17) is 0 Å². The standard InChI is InChI=1S/C26H40/c1-5-6-7-8-9-10-11-12-13-14-15-16-17-18-19-20-21-22-23-24-26(4)25(2)3/h6-7,9-10,12-13,15-16,18-19,21-22,25H,4-5,8,11,14,17,20,23-24H2,1-3H3/b7-6+,10-9+,13-12+,16-15+,19-18+,22-21+. The van der Waals surface area contributed by atoms with Gasteiger partial charge in [0.1, 0.15) is 0 Å². The summed E-state index contributed by atoms with van der Waals surface area (Å²) in [6.45, 7) is 10.7. The first kappa shape index (κ1) is 24.2. The van der Waals surface area contributed by atoms with Crippen LogP contribution in [0.4, 0.5) is 0 Å². The second-order valence-electron chi connectivity index (χ2n) is 6.77. The minimum Gasteiger partial charge on any atom is -0.0996 e. The fourth-order valence-corrected chi connectivity index (χ4v) is 2.20. The van der Waals surface area contributed by atoms with Crippen LogP contribution in [0, 0.1) is 5.92 Å². The predicted molar refractivity (Wildman–Crippen MR) is 121 cm³/mol. The second kappa shape index (κ2) is 19.5. The van der Waals surface area contributed by atoms with Crippen LogP contribution in [0.1, 0.15) is 72.1 Å². The highest BCUT2D eigenvalue weighted by Gasteiger charge is 1.97. The first-order valence-electron chi connectivity index (χ1n) is 10.3. The summed E-state index contributed by atoms with van der Waals surface area (Å²) in [6.07, 6.45) is 35.4. The van der Waals surface area contributed by atoms with E-state index in [1.54, 1.807) is 0 Å². The number of hydrogen-bond donors (Lipinski definition) is 0. The molecule has 0 spiro atoms. The Morgan fingerprint density at radius 3 is 1.31 bits per heavy atom. The molecule has 0 radical (unpaired) electrons. The summed E-state index contributed by atoms with van der Waals surface area (Å²) < 4.78 is 0. The first-order valence-corrected chi connectivity index (χ1v) is 10.3. The first-order chi connectivity index (χ1) is 12.7. The normalized spacial score (nSPS) is 13.2. The molecule has 144 valence electrons. The Kier molecular flexibility index (Phi) is 18.1. The Balaban J connectivity index is 3.57. The molecule has 0 atom stereocenters. The monoisotopic (exact) mass is 352 g/mol. The molecule has 0 aromatic heterocycles. The van der Waals surface area contributed by atoms with Crippen LogP contribution in [0.5, 0.6) is 0 Å². The van der Waals surface area contributed by atoms with E-state index < -0.39 is 0 Å². The minimum atomic E-state index is 0.606. The molecule has 0 saturated carbocycles. The van der Waals surface area contributed by atoms with Gasteiger partial charge in [-0.25, -0.2) is 0 Å². The lowest BCUT2D eigenvalue weighted by Gasteiger charge is -2.06. The summed E-state index contributed by atoms with van der Waals surface area (Å²) in [5.41, 5.74) is 1.35. The molecule has 0 unspecified atom stereocenters. The van der Waals surface area contributed by atoms with Crippen molar-refractivity contribution in [3.8, 4) is 0 Å². The molecule has 0 bridgehead atoms. The van der Waals surface area contributed by atoms with Gasteiger partial charge < -0.3 is 0 Å². The van der Waals surface area contributed by atoms with Gasteiger partial charge in [0.2, 0.25) is 0 Å². The van der Waals surface area contributed by atoms with Gasteiger partial charge in [0.05, 0.1) is 0 Å². The zero-order valence-electron chi connectivity index (χ0n) is 17.4. The van der Waals surface area contributed by atoms with E-state index in [-0.39, 0.29) is 0 Å². The Morgan fingerprint density at radius 1 is 0.615 bits per heavy atom. The van der Waals surface area contributed by atoms with Crippen LogP contribution in [-0.4, -0.2) is 0 Å². The highest BCUT2D eigenvalue weighted by atomic mass is 14.0. The number of hydrogen-bond acceptors (Lipinski definition) is 0. The average Bonchev–Trinajstić information content (AvgIpc) is 2.63. The Labute approximate surface area is 163 Å². The molecule has 0 aromatic rings. The average molecular weight is 353 g/mol. The number of allylic oxidation sites excluding steroid dienone is 13. The van der Waals surface area contributed by atoms with E-state index >= 15 is 0 Å². The highest BCUT2D eigenvalue weighted by molar-refractivity contribution is 5.03. The molecule has 0 nitrogen and oxygen atoms in total. The van der Waals surface area contributed by atoms with Crippen molar-refractivity contribution in [3.05, 3.63) is 85.1 Å². The van der Waals surface area contributed by atoms with Gasteiger partial charge in [0.15, 0.2) is 0 Å². The molecular formula is C26H40. The molecule has 0 aromatic carbocycles. The molecule has 0 rings (SSSR count). The summed E-state index contributed by atoms with van der Waals surface area (Å²) in [6, 6.07) is 0. The fraction of sp³-hybridized carbons (Fsp3) is 0.462. The number of rotatable bonds is 15. The van der Waals surface area contributed by atoms with Crippen LogP contribution >= 0.6 is 0 Å². The zero-order chi connectivity index (χ0) is 19.3. The summed E-state index contributed by atoms with van der Waals surface area (Å²) in [4.78, 5) is 0. The maximum atomic E-state index is 4.11. The lowest BCUT2D eigenvalue weighted by molar-refractivity contribution is 0.719. The summed E-state index contributed by atoms with van der Waals surface area (Å²) >= 11 is 0. The van der Waals surface area contributed by atoms with Gasteiger partial charge in [-0.2, -0.15) is 0 Å². The summed E-state index contributed by atoms with van der Waals surface area (Å²) in [5, 5.41) is 0. The maximum absolute atomic E-state index is 4.11. The minimum absolute atomic E-state index is 0.606. The lowest BCUT2D eigenvalue weighted by Crippen LogP contribution is -1.90. The third-order valence-corrected chi connectivity index (χ3v) is 4.05. The Bertz CT molecular complexity index is 492. The largest absolute Gasteiger partial charge is 0.0996 e. The van der Waals surface area contributed by atoms with Crippen LogP contribution in [0.2, 0.25) is 0 Å². The van der Waals surface area contributed by atoms with Gasteiger partial charge in [-0.1, -0.05) is 106 Å². The smallest absolute Gasteiger partial charge is 0.0169 e. The van der Waals surface area contributed by atoms with Crippen LogP contribution in [-0.2, 0) is 0 Å². The fourth-order valence-electron chi connectivity index (χ4n) is 2.20. The summed E-state index contributed by atoms with van der Waals surface area (Å²) in [5.74, 6) is 0.606.